The van der Waals surface area contributed by atoms with Crippen LogP contribution < -0.4 is 5.73 Å². The van der Waals surface area contributed by atoms with E-state index in [2.05, 4.69) is 6.92 Å². The van der Waals surface area contributed by atoms with Crippen LogP contribution in [0, 0.1) is 0 Å². The molecule has 13 heavy (non-hydrogen) atoms. The zero-order valence-electron chi connectivity index (χ0n) is 8.46. The molecule has 0 spiro atoms. The zero-order valence-corrected chi connectivity index (χ0v) is 8.46. The molecular weight excluding hydrogens is 164 g/mol. The van der Waals surface area contributed by atoms with Crippen molar-refractivity contribution in [1.29, 1.82) is 0 Å². The van der Waals surface area contributed by atoms with Gasteiger partial charge in [0.15, 0.2) is 0 Å². The van der Waals surface area contributed by atoms with Gasteiger partial charge in [-0.1, -0.05) is 26.2 Å². The molecule has 1 fully saturated rings. The minimum Gasteiger partial charge on any atom is -0.341 e. The number of nitrogens with zero attached hydrogens (tertiary/aromatic N) is 1. The molecule has 1 rings (SSSR count). The SMILES string of the molecule is CCCCCC(N)C(=O)N1CCC1. The number of likely N-dealkylation sites (tertiary alicyclic amines) is 1. The molecule has 1 amide bonds. The summed E-state index contributed by atoms with van der Waals surface area (Å²) in [7, 11) is 0. The molecule has 76 valence electrons. The lowest BCUT2D eigenvalue weighted by atomic mass is 10.1. The van der Waals surface area contributed by atoms with Crippen molar-refractivity contribution in [2.45, 2.75) is 45.1 Å². The summed E-state index contributed by atoms with van der Waals surface area (Å²) < 4.78 is 0. The molecule has 3 nitrogen and oxygen atoms in total. The van der Waals surface area contributed by atoms with Crippen LogP contribution in [-0.2, 0) is 4.79 Å². The van der Waals surface area contributed by atoms with Crippen molar-refractivity contribution < 1.29 is 4.79 Å². The van der Waals surface area contributed by atoms with Gasteiger partial charge in [0.25, 0.3) is 0 Å². The predicted octanol–water partition coefficient (Wildman–Crippen LogP) is 1.13. The van der Waals surface area contributed by atoms with Crippen LogP contribution in [0.25, 0.3) is 0 Å². The maximum absolute atomic E-state index is 11.5. The third kappa shape index (κ3) is 2.99. The normalized spacial score (nSPS) is 18.2. The van der Waals surface area contributed by atoms with Crippen LogP contribution >= 0.6 is 0 Å². The van der Waals surface area contributed by atoms with Crippen LogP contribution in [-0.4, -0.2) is 29.9 Å². The molecule has 0 radical (unpaired) electrons. The Labute approximate surface area is 80.3 Å². The van der Waals surface area contributed by atoms with Gasteiger partial charge in [-0.3, -0.25) is 4.79 Å². The van der Waals surface area contributed by atoms with E-state index in [1.807, 2.05) is 4.90 Å². The second-order valence-corrected chi connectivity index (χ2v) is 3.78. The zero-order chi connectivity index (χ0) is 9.68. The van der Waals surface area contributed by atoms with Gasteiger partial charge in [0.2, 0.25) is 5.91 Å². The van der Waals surface area contributed by atoms with Crippen LogP contribution in [0.3, 0.4) is 0 Å². The molecule has 0 aromatic heterocycles. The molecule has 0 saturated carbocycles. The van der Waals surface area contributed by atoms with Gasteiger partial charge in [-0.15, -0.1) is 0 Å². The molecule has 0 bridgehead atoms. The molecule has 2 N–H and O–H groups in total. The average Bonchev–Trinajstić information content (AvgIpc) is 2.01. The quantitative estimate of drug-likeness (QED) is 0.651. The Hall–Kier alpha value is -0.570. The summed E-state index contributed by atoms with van der Waals surface area (Å²) in [5.41, 5.74) is 5.78. The third-order valence-corrected chi connectivity index (χ3v) is 2.60. The number of amides is 1. The first kappa shape index (κ1) is 10.5. The van der Waals surface area contributed by atoms with Gasteiger partial charge in [-0.2, -0.15) is 0 Å². The highest BCUT2D eigenvalue weighted by Gasteiger charge is 2.24. The number of hydrogen-bond acceptors (Lipinski definition) is 2. The molecule has 1 aliphatic heterocycles. The van der Waals surface area contributed by atoms with Crippen LogP contribution in [0.4, 0.5) is 0 Å². The largest absolute Gasteiger partial charge is 0.341 e. The van der Waals surface area contributed by atoms with E-state index >= 15 is 0 Å². The predicted molar refractivity (Wildman–Crippen MR) is 53.3 cm³/mol. The number of hydrogen-bond donors (Lipinski definition) is 1. The molecule has 1 atom stereocenters. The first-order valence-electron chi connectivity index (χ1n) is 5.30. The van der Waals surface area contributed by atoms with Crippen LogP contribution in [0.1, 0.15) is 39.0 Å². The Morgan fingerprint density at radius 2 is 2.15 bits per heavy atom. The van der Waals surface area contributed by atoms with E-state index < -0.39 is 0 Å². The average molecular weight is 184 g/mol. The molecule has 1 unspecified atom stereocenters. The van der Waals surface area contributed by atoms with E-state index in [-0.39, 0.29) is 11.9 Å². The summed E-state index contributed by atoms with van der Waals surface area (Å²) in [5.74, 6) is 0.155. The molecular formula is C10H20N2O. The van der Waals surface area contributed by atoms with Gasteiger partial charge in [0.05, 0.1) is 6.04 Å². The van der Waals surface area contributed by atoms with Gasteiger partial charge in [0.1, 0.15) is 0 Å². The van der Waals surface area contributed by atoms with Crippen molar-refractivity contribution in [3.63, 3.8) is 0 Å². The number of carbonyl (C=O) groups excluding carboxylic acids is 1. The highest BCUT2D eigenvalue weighted by atomic mass is 16.2. The van der Waals surface area contributed by atoms with Gasteiger partial charge in [-0.05, 0) is 12.8 Å². The fraction of sp³-hybridized carbons (Fsp3) is 0.900. The first-order chi connectivity index (χ1) is 6.25. The summed E-state index contributed by atoms with van der Waals surface area (Å²) in [5, 5.41) is 0. The van der Waals surface area contributed by atoms with E-state index in [0.717, 1.165) is 32.4 Å². The lowest BCUT2D eigenvalue weighted by Gasteiger charge is -2.33. The van der Waals surface area contributed by atoms with Crippen molar-refractivity contribution in [2.75, 3.05) is 13.1 Å². The Morgan fingerprint density at radius 3 is 2.62 bits per heavy atom. The third-order valence-electron chi connectivity index (χ3n) is 2.60. The maximum atomic E-state index is 11.5. The molecule has 0 aromatic rings. The molecule has 1 saturated heterocycles. The Bertz CT molecular complexity index is 166. The number of rotatable bonds is 5. The maximum Gasteiger partial charge on any atom is 0.239 e. The monoisotopic (exact) mass is 184 g/mol. The highest BCUT2D eigenvalue weighted by Crippen LogP contribution is 2.10. The van der Waals surface area contributed by atoms with E-state index in [4.69, 9.17) is 5.73 Å². The number of unbranched alkanes of at least 4 members (excludes halogenated alkanes) is 2. The lowest BCUT2D eigenvalue weighted by molar-refractivity contribution is -0.136. The Balaban J connectivity index is 2.13. The smallest absolute Gasteiger partial charge is 0.239 e. The van der Waals surface area contributed by atoms with E-state index in [0.29, 0.717) is 0 Å². The van der Waals surface area contributed by atoms with Crippen molar-refractivity contribution >= 4 is 5.91 Å². The van der Waals surface area contributed by atoms with Crippen LogP contribution in [0.5, 0.6) is 0 Å². The summed E-state index contributed by atoms with van der Waals surface area (Å²) in [6.07, 6.45) is 5.44. The summed E-state index contributed by atoms with van der Waals surface area (Å²) in [4.78, 5) is 13.4. The summed E-state index contributed by atoms with van der Waals surface area (Å²) in [6, 6.07) is -0.244. The number of carbonyl (C=O) groups is 1. The van der Waals surface area contributed by atoms with E-state index in [9.17, 15) is 4.79 Å². The minimum absolute atomic E-state index is 0.155. The number of nitrogens with two attached hydrogens (primary N) is 1. The van der Waals surface area contributed by atoms with Crippen molar-refractivity contribution in [1.82, 2.24) is 4.90 Å². The van der Waals surface area contributed by atoms with E-state index in [1.54, 1.807) is 0 Å². The molecule has 1 aliphatic rings. The highest BCUT2D eigenvalue weighted by molar-refractivity contribution is 5.82. The topological polar surface area (TPSA) is 46.3 Å². The fourth-order valence-electron chi connectivity index (χ4n) is 1.51. The minimum atomic E-state index is -0.244. The summed E-state index contributed by atoms with van der Waals surface area (Å²) >= 11 is 0. The van der Waals surface area contributed by atoms with Crippen molar-refractivity contribution in [3.8, 4) is 0 Å². The fourth-order valence-corrected chi connectivity index (χ4v) is 1.51. The molecule has 1 heterocycles. The van der Waals surface area contributed by atoms with Crippen molar-refractivity contribution in [2.24, 2.45) is 5.73 Å². The van der Waals surface area contributed by atoms with Crippen molar-refractivity contribution in [3.05, 3.63) is 0 Å². The van der Waals surface area contributed by atoms with E-state index in [1.165, 1.54) is 12.8 Å². The Kier molecular flexibility index (Phi) is 4.22. The van der Waals surface area contributed by atoms with Gasteiger partial charge >= 0.3 is 0 Å². The van der Waals surface area contributed by atoms with Crippen LogP contribution in [0.15, 0.2) is 0 Å². The van der Waals surface area contributed by atoms with Gasteiger partial charge in [0, 0.05) is 13.1 Å². The first-order valence-corrected chi connectivity index (χ1v) is 5.30. The van der Waals surface area contributed by atoms with Crippen LogP contribution in [0.2, 0.25) is 0 Å². The standard InChI is InChI=1S/C10H20N2O/c1-2-3-4-6-9(11)10(13)12-7-5-8-12/h9H,2-8,11H2,1H3. The summed E-state index contributed by atoms with van der Waals surface area (Å²) in [6.45, 7) is 3.99. The molecule has 0 aliphatic carbocycles. The van der Waals surface area contributed by atoms with Gasteiger partial charge < -0.3 is 10.6 Å². The lowest BCUT2D eigenvalue weighted by Crippen LogP contribution is -2.50. The van der Waals surface area contributed by atoms with Gasteiger partial charge in [-0.25, -0.2) is 0 Å². The Morgan fingerprint density at radius 1 is 1.46 bits per heavy atom. The second-order valence-electron chi connectivity index (χ2n) is 3.78. The second kappa shape index (κ2) is 5.22. The molecule has 0 aromatic carbocycles. The molecule has 3 heteroatoms.